The molecule has 0 atom stereocenters. The van der Waals surface area contributed by atoms with E-state index in [2.05, 4.69) is 11.0 Å². The van der Waals surface area contributed by atoms with Crippen molar-refractivity contribution in [1.82, 2.24) is 0 Å². The Morgan fingerprint density at radius 2 is 2.42 bits per heavy atom. The number of nitrogens with two attached hydrogens (primary N) is 1. The van der Waals surface area contributed by atoms with E-state index in [0.29, 0.717) is 0 Å². The molecule has 2 N–H and O–H groups in total. The summed E-state index contributed by atoms with van der Waals surface area (Å²) in [5.74, 6) is -0.116. The molecule has 1 amide bonds. The molecule has 0 spiro atoms. The summed E-state index contributed by atoms with van der Waals surface area (Å²) in [7, 11) is 0. The lowest BCUT2D eigenvalue weighted by Gasteiger charge is -2.38. The maximum atomic E-state index is 10.7. The third-order valence-corrected chi connectivity index (χ3v) is 3.03. The largest absolute Gasteiger partial charge is 0.369 e. The zero-order valence-electron chi connectivity index (χ0n) is 6.56. The lowest BCUT2D eigenvalue weighted by atomic mass is 10.0. The first-order valence-corrected chi connectivity index (χ1v) is 4.73. The molecule has 2 heterocycles. The molecule has 0 radical (unpaired) electrons. The second kappa shape index (κ2) is 2.79. The number of thiophene rings is 1. The van der Waals surface area contributed by atoms with E-state index in [1.54, 1.807) is 11.3 Å². The fourth-order valence-corrected chi connectivity index (χ4v) is 2.04. The molecule has 4 heteroatoms. The van der Waals surface area contributed by atoms with Crippen LogP contribution in [0.15, 0.2) is 17.5 Å². The van der Waals surface area contributed by atoms with Gasteiger partial charge in [-0.1, -0.05) is 0 Å². The Bertz CT molecular complexity index is 277. The molecule has 3 nitrogen and oxygen atoms in total. The van der Waals surface area contributed by atoms with Gasteiger partial charge in [-0.25, -0.2) is 0 Å². The van der Waals surface area contributed by atoms with Crippen LogP contribution in [0.5, 0.6) is 0 Å². The Balaban J connectivity index is 1.94. The van der Waals surface area contributed by atoms with Crippen LogP contribution in [0.1, 0.15) is 0 Å². The van der Waals surface area contributed by atoms with E-state index in [0.717, 1.165) is 13.1 Å². The lowest BCUT2D eigenvalue weighted by molar-refractivity contribution is -0.122. The van der Waals surface area contributed by atoms with Crippen LogP contribution in [-0.4, -0.2) is 19.0 Å². The van der Waals surface area contributed by atoms with Crippen molar-refractivity contribution >= 4 is 22.2 Å². The van der Waals surface area contributed by atoms with Gasteiger partial charge in [-0.2, -0.15) is 0 Å². The Labute approximate surface area is 74.8 Å². The summed E-state index contributed by atoms with van der Waals surface area (Å²) in [5, 5.41) is 3.26. The maximum Gasteiger partial charge on any atom is 0.224 e. The standard InChI is InChI=1S/C8H10N2OS/c9-8(11)6-4-10(5-6)7-2-1-3-12-7/h1-3,6H,4-5H2,(H2,9,11). The zero-order valence-corrected chi connectivity index (χ0v) is 7.38. The van der Waals surface area contributed by atoms with Crippen LogP contribution in [0, 0.1) is 5.92 Å². The van der Waals surface area contributed by atoms with Gasteiger partial charge in [-0.15, -0.1) is 11.3 Å². The van der Waals surface area contributed by atoms with Gasteiger partial charge in [-0.05, 0) is 17.5 Å². The van der Waals surface area contributed by atoms with E-state index >= 15 is 0 Å². The molecule has 1 saturated heterocycles. The quantitative estimate of drug-likeness (QED) is 0.730. The van der Waals surface area contributed by atoms with Crippen molar-refractivity contribution in [2.45, 2.75) is 0 Å². The number of primary amides is 1. The number of anilines is 1. The maximum absolute atomic E-state index is 10.7. The van der Waals surface area contributed by atoms with Crippen LogP contribution < -0.4 is 10.6 Å². The highest BCUT2D eigenvalue weighted by atomic mass is 32.1. The van der Waals surface area contributed by atoms with E-state index in [4.69, 9.17) is 5.73 Å². The third-order valence-electron chi connectivity index (χ3n) is 2.10. The number of nitrogens with zero attached hydrogens (tertiary/aromatic N) is 1. The van der Waals surface area contributed by atoms with Crippen LogP contribution in [0.25, 0.3) is 0 Å². The van der Waals surface area contributed by atoms with E-state index in [-0.39, 0.29) is 11.8 Å². The van der Waals surface area contributed by atoms with Gasteiger partial charge in [0.25, 0.3) is 0 Å². The first kappa shape index (κ1) is 7.61. The molecular formula is C8H10N2OS. The highest BCUT2D eigenvalue weighted by Crippen LogP contribution is 2.28. The first-order valence-electron chi connectivity index (χ1n) is 3.85. The molecule has 0 bridgehead atoms. The minimum atomic E-state index is -0.178. The van der Waals surface area contributed by atoms with E-state index in [1.807, 2.05) is 11.4 Å². The van der Waals surface area contributed by atoms with Crippen molar-refractivity contribution in [3.8, 4) is 0 Å². The van der Waals surface area contributed by atoms with Gasteiger partial charge in [0.15, 0.2) is 0 Å². The summed E-state index contributed by atoms with van der Waals surface area (Å²) >= 11 is 1.69. The summed E-state index contributed by atoms with van der Waals surface area (Å²) in [6, 6.07) is 4.07. The first-order chi connectivity index (χ1) is 5.77. The normalized spacial score (nSPS) is 17.5. The summed E-state index contributed by atoms with van der Waals surface area (Å²) in [6.45, 7) is 1.58. The van der Waals surface area contributed by atoms with Crippen molar-refractivity contribution in [1.29, 1.82) is 0 Å². The fourth-order valence-electron chi connectivity index (χ4n) is 1.29. The van der Waals surface area contributed by atoms with Crippen LogP contribution >= 0.6 is 11.3 Å². The third kappa shape index (κ3) is 1.18. The predicted molar refractivity (Wildman–Crippen MR) is 49.2 cm³/mol. The lowest BCUT2D eigenvalue weighted by Crippen LogP contribution is -2.52. The molecule has 1 fully saturated rings. The van der Waals surface area contributed by atoms with E-state index < -0.39 is 0 Å². The van der Waals surface area contributed by atoms with Gasteiger partial charge in [0.05, 0.1) is 10.9 Å². The molecular weight excluding hydrogens is 172 g/mol. The van der Waals surface area contributed by atoms with Crippen molar-refractivity contribution in [2.75, 3.05) is 18.0 Å². The Hall–Kier alpha value is -1.03. The van der Waals surface area contributed by atoms with Crippen LogP contribution in [0.4, 0.5) is 5.00 Å². The monoisotopic (exact) mass is 182 g/mol. The Morgan fingerprint density at radius 1 is 1.67 bits per heavy atom. The second-order valence-electron chi connectivity index (χ2n) is 2.96. The van der Waals surface area contributed by atoms with Gasteiger partial charge in [0.1, 0.15) is 0 Å². The smallest absolute Gasteiger partial charge is 0.224 e. The summed E-state index contributed by atoms with van der Waals surface area (Å²) in [4.78, 5) is 12.9. The van der Waals surface area contributed by atoms with E-state index in [9.17, 15) is 4.79 Å². The molecule has 64 valence electrons. The molecule has 0 aliphatic carbocycles. The predicted octanol–water partition coefficient (Wildman–Crippen LogP) is 0.670. The average Bonchev–Trinajstić information content (AvgIpc) is 2.34. The number of carbonyl (C=O) groups is 1. The molecule has 1 aliphatic rings. The highest BCUT2D eigenvalue weighted by molar-refractivity contribution is 7.14. The average molecular weight is 182 g/mol. The minimum absolute atomic E-state index is 0.0621. The molecule has 0 saturated carbocycles. The summed E-state index contributed by atoms with van der Waals surface area (Å²) < 4.78 is 0. The number of hydrogen-bond acceptors (Lipinski definition) is 3. The fraction of sp³-hybridized carbons (Fsp3) is 0.375. The topological polar surface area (TPSA) is 46.3 Å². The molecule has 0 aromatic carbocycles. The Kier molecular flexibility index (Phi) is 1.77. The van der Waals surface area contributed by atoms with Crippen molar-refractivity contribution < 1.29 is 4.79 Å². The van der Waals surface area contributed by atoms with Gasteiger partial charge in [0.2, 0.25) is 5.91 Å². The zero-order chi connectivity index (χ0) is 8.55. The number of hydrogen-bond donors (Lipinski definition) is 1. The second-order valence-corrected chi connectivity index (χ2v) is 3.88. The minimum Gasteiger partial charge on any atom is -0.369 e. The summed E-state index contributed by atoms with van der Waals surface area (Å²) in [6.07, 6.45) is 0. The molecule has 2 rings (SSSR count). The highest BCUT2D eigenvalue weighted by Gasteiger charge is 2.31. The van der Waals surface area contributed by atoms with E-state index in [1.165, 1.54) is 5.00 Å². The van der Waals surface area contributed by atoms with Crippen molar-refractivity contribution in [3.05, 3.63) is 17.5 Å². The SMILES string of the molecule is NC(=O)C1CN(c2cccs2)C1. The van der Waals surface area contributed by atoms with Gasteiger partial charge in [-0.3, -0.25) is 4.79 Å². The molecule has 1 aliphatic heterocycles. The number of rotatable bonds is 2. The molecule has 1 aromatic rings. The van der Waals surface area contributed by atoms with Crippen molar-refractivity contribution in [2.24, 2.45) is 11.7 Å². The summed E-state index contributed by atoms with van der Waals surface area (Å²) in [5.41, 5.74) is 5.15. The van der Waals surface area contributed by atoms with Gasteiger partial charge in [0, 0.05) is 13.1 Å². The molecule has 0 unspecified atom stereocenters. The van der Waals surface area contributed by atoms with Gasteiger partial charge < -0.3 is 10.6 Å². The van der Waals surface area contributed by atoms with Crippen molar-refractivity contribution in [3.63, 3.8) is 0 Å². The molecule has 12 heavy (non-hydrogen) atoms. The van der Waals surface area contributed by atoms with Crippen LogP contribution in [0.2, 0.25) is 0 Å². The number of amides is 1. The molecule has 1 aromatic heterocycles. The van der Waals surface area contributed by atoms with Crippen LogP contribution in [0.3, 0.4) is 0 Å². The van der Waals surface area contributed by atoms with Gasteiger partial charge >= 0.3 is 0 Å². The van der Waals surface area contributed by atoms with Crippen LogP contribution in [-0.2, 0) is 4.79 Å². The Morgan fingerprint density at radius 3 is 2.92 bits per heavy atom. The number of carbonyl (C=O) groups excluding carboxylic acids is 1.